The van der Waals surface area contributed by atoms with E-state index in [4.69, 9.17) is 5.11 Å². The third kappa shape index (κ3) is 5.32. The molecule has 100 valence electrons. The molecule has 18 heavy (non-hydrogen) atoms. The van der Waals surface area contributed by atoms with Gasteiger partial charge in [-0.3, -0.25) is 4.79 Å². The van der Waals surface area contributed by atoms with Crippen LogP contribution in [0.25, 0.3) is 0 Å². The van der Waals surface area contributed by atoms with E-state index in [9.17, 15) is 4.79 Å². The molecule has 0 radical (unpaired) electrons. The Labute approximate surface area is 109 Å². The molecule has 0 aliphatic heterocycles. The van der Waals surface area contributed by atoms with E-state index in [1.807, 2.05) is 6.07 Å². The smallest absolute Gasteiger partial charge is 0.224 e. The van der Waals surface area contributed by atoms with Crippen LogP contribution in [0.15, 0.2) is 18.2 Å². The van der Waals surface area contributed by atoms with Crippen molar-refractivity contribution in [3.05, 3.63) is 34.9 Å². The van der Waals surface area contributed by atoms with Crippen molar-refractivity contribution in [2.24, 2.45) is 0 Å². The van der Waals surface area contributed by atoms with Gasteiger partial charge in [-0.15, -0.1) is 0 Å². The number of amides is 1. The highest BCUT2D eigenvalue weighted by molar-refractivity contribution is 5.78. The van der Waals surface area contributed by atoms with E-state index < -0.39 is 0 Å². The molecule has 1 amide bonds. The zero-order chi connectivity index (χ0) is 13.4. The summed E-state index contributed by atoms with van der Waals surface area (Å²) in [5.41, 5.74) is 3.54. The first-order chi connectivity index (χ1) is 8.63. The standard InChI is InChI=1S/C15H23NO2/c1-12-6-7-14(10-13(12)2)11-15(18)16-8-4-3-5-9-17/h6-7,10,17H,3-5,8-9,11H2,1-2H3,(H,16,18). The van der Waals surface area contributed by atoms with E-state index in [1.165, 1.54) is 11.1 Å². The molecule has 0 saturated carbocycles. The summed E-state index contributed by atoms with van der Waals surface area (Å²) in [5.74, 6) is 0.0715. The van der Waals surface area contributed by atoms with Crippen LogP contribution >= 0.6 is 0 Å². The van der Waals surface area contributed by atoms with E-state index >= 15 is 0 Å². The maximum atomic E-state index is 11.7. The first kappa shape index (κ1) is 14.7. The van der Waals surface area contributed by atoms with Crippen LogP contribution in [0.2, 0.25) is 0 Å². The summed E-state index contributed by atoms with van der Waals surface area (Å²) in [7, 11) is 0. The molecule has 0 bridgehead atoms. The number of carbonyl (C=O) groups excluding carboxylic acids is 1. The molecule has 0 spiro atoms. The number of hydrogen-bond acceptors (Lipinski definition) is 2. The summed E-state index contributed by atoms with van der Waals surface area (Å²) in [6, 6.07) is 6.13. The van der Waals surface area contributed by atoms with E-state index in [0.717, 1.165) is 24.8 Å². The first-order valence-corrected chi connectivity index (χ1v) is 6.57. The van der Waals surface area contributed by atoms with Gasteiger partial charge in [0.25, 0.3) is 0 Å². The van der Waals surface area contributed by atoms with Crippen molar-refractivity contribution < 1.29 is 9.90 Å². The Morgan fingerprint density at radius 3 is 2.61 bits per heavy atom. The third-order valence-electron chi connectivity index (χ3n) is 3.09. The summed E-state index contributed by atoms with van der Waals surface area (Å²) in [4.78, 5) is 11.7. The number of aliphatic hydroxyl groups is 1. The van der Waals surface area contributed by atoms with Crippen LogP contribution in [0.5, 0.6) is 0 Å². The number of aryl methyl sites for hydroxylation is 2. The van der Waals surface area contributed by atoms with Crippen molar-refractivity contribution in [3.63, 3.8) is 0 Å². The molecule has 2 N–H and O–H groups in total. The van der Waals surface area contributed by atoms with Crippen LogP contribution in [-0.2, 0) is 11.2 Å². The van der Waals surface area contributed by atoms with Crippen molar-refractivity contribution in [1.29, 1.82) is 0 Å². The van der Waals surface area contributed by atoms with E-state index in [1.54, 1.807) is 0 Å². The number of benzene rings is 1. The van der Waals surface area contributed by atoms with Gasteiger partial charge < -0.3 is 10.4 Å². The Balaban J connectivity index is 2.29. The molecule has 3 heteroatoms. The Hall–Kier alpha value is -1.35. The van der Waals surface area contributed by atoms with Crippen LogP contribution in [0, 0.1) is 13.8 Å². The Kier molecular flexibility index (Phi) is 6.44. The monoisotopic (exact) mass is 249 g/mol. The second kappa shape index (κ2) is 7.88. The average molecular weight is 249 g/mol. The number of nitrogens with one attached hydrogen (secondary N) is 1. The quantitative estimate of drug-likeness (QED) is 0.727. The fourth-order valence-electron chi connectivity index (χ4n) is 1.80. The van der Waals surface area contributed by atoms with Gasteiger partial charge in [0.2, 0.25) is 5.91 Å². The Morgan fingerprint density at radius 2 is 1.94 bits per heavy atom. The fraction of sp³-hybridized carbons (Fsp3) is 0.533. The van der Waals surface area contributed by atoms with Crippen molar-refractivity contribution in [3.8, 4) is 0 Å². The van der Waals surface area contributed by atoms with Gasteiger partial charge in [0.1, 0.15) is 0 Å². The van der Waals surface area contributed by atoms with E-state index in [2.05, 4.69) is 31.3 Å². The van der Waals surface area contributed by atoms with Gasteiger partial charge in [-0.2, -0.15) is 0 Å². The van der Waals surface area contributed by atoms with Crippen molar-refractivity contribution in [2.45, 2.75) is 39.5 Å². The summed E-state index contributed by atoms with van der Waals surface area (Å²) < 4.78 is 0. The van der Waals surface area contributed by atoms with Gasteiger partial charge in [-0.05, 0) is 49.8 Å². The topological polar surface area (TPSA) is 49.3 Å². The minimum Gasteiger partial charge on any atom is -0.396 e. The zero-order valence-corrected chi connectivity index (χ0v) is 11.3. The summed E-state index contributed by atoms with van der Waals surface area (Å²) in [6.07, 6.45) is 3.15. The molecule has 1 aromatic rings. The number of aliphatic hydroxyl groups excluding tert-OH is 1. The molecule has 0 heterocycles. The van der Waals surface area contributed by atoms with E-state index in [-0.39, 0.29) is 12.5 Å². The van der Waals surface area contributed by atoms with Crippen molar-refractivity contribution in [2.75, 3.05) is 13.2 Å². The first-order valence-electron chi connectivity index (χ1n) is 6.57. The van der Waals surface area contributed by atoms with Crippen molar-refractivity contribution >= 4 is 5.91 Å². The lowest BCUT2D eigenvalue weighted by molar-refractivity contribution is -0.120. The molecule has 0 aliphatic carbocycles. The molecule has 0 aliphatic rings. The predicted molar refractivity (Wildman–Crippen MR) is 73.6 cm³/mol. The third-order valence-corrected chi connectivity index (χ3v) is 3.09. The normalized spacial score (nSPS) is 10.4. The lowest BCUT2D eigenvalue weighted by Crippen LogP contribution is -2.26. The molecular formula is C15H23NO2. The van der Waals surface area contributed by atoms with Crippen LogP contribution < -0.4 is 5.32 Å². The molecule has 3 nitrogen and oxygen atoms in total. The molecule has 0 saturated heterocycles. The van der Waals surface area contributed by atoms with Gasteiger partial charge in [0.15, 0.2) is 0 Å². The summed E-state index contributed by atoms with van der Waals surface area (Å²) in [5, 5.41) is 11.5. The number of hydrogen-bond donors (Lipinski definition) is 2. The fourth-order valence-corrected chi connectivity index (χ4v) is 1.80. The van der Waals surface area contributed by atoms with Gasteiger partial charge in [-0.25, -0.2) is 0 Å². The number of carbonyl (C=O) groups is 1. The van der Waals surface area contributed by atoms with Gasteiger partial charge in [-0.1, -0.05) is 18.2 Å². The van der Waals surface area contributed by atoms with Gasteiger partial charge >= 0.3 is 0 Å². The van der Waals surface area contributed by atoms with Gasteiger partial charge in [0.05, 0.1) is 6.42 Å². The van der Waals surface area contributed by atoms with Crippen LogP contribution in [-0.4, -0.2) is 24.2 Å². The Morgan fingerprint density at radius 1 is 1.17 bits per heavy atom. The van der Waals surface area contributed by atoms with Crippen LogP contribution in [0.3, 0.4) is 0 Å². The SMILES string of the molecule is Cc1ccc(CC(=O)NCCCCCO)cc1C. The molecule has 0 fully saturated rings. The molecule has 0 atom stereocenters. The van der Waals surface area contributed by atoms with E-state index in [0.29, 0.717) is 13.0 Å². The Bertz CT molecular complexity index is 388. The maximum absolute atomic E-state index is 11.7. The predicted octanol–water partition coefficient (Wildman–Crippen LogP) is 2.12. The van der Waals surface area contributed by atoms with Gasteiger partial charge in [0, 0.05) is 13.2 Å². The molecular weight excluding hydrogens is 226 g/mol. The molecule has 0 aromatic heterocycles. The largest absolute Gasteiger partial charge is 0.396 e. The summed E-state index contributed by atoms with van der Waals surface area (Å²) in [6.45, 7) is 5.06. The molecule has 1 rings (SSSR count). The molecule has 0 unspecified atom stereocenters. The average Bonchev–Trinajstić information content (AvgIpc) is 2.34. The lowest BCUT2D eigenvalue weighted by atomic mass is 10.0. The van der Waals surface area contributed by atoms with Crippen LogP contribution in [0.4, 0.5) is 0 Å². The lowest BCUT2D eigenvalue weighted by Gasteiger charge is -2.07. The minimum atomic E-state index is 0.0715. The zero-order valence-electron chi connectivity index (χ0n) is 11.3. The minimum absolute atomic E-state index is 0.0715. The summed E-state index contributed by atoms with van der Waals surface area (Å²) >= 11 is 0. The maximum Gasteiger partial charge on any atom is 0.224 e. The highest BCUT2D eigenvalue weighted by Gasteiger charge is 2.03. The van der Waals surface area contributed by atoms with Crippen LogP contribution in [0.1, 0.15) is 36.0 Å². The number of rotatable bonds is 7. The highest BCUT2D eigenvalue weighted by Crippen LogP contribution is 2.10. The molecule has 1 aromatic carbocycles. The number of unbranched alkanes of at least 4 members (excludes halogenated alkanes) is 2. The highest BCUT2D eigenvalue weighted by atomic mass is 16.2. The van der Waals surface area contributed by atoms with Crippen molar-refractivity contribution in [1.82, 2.24) is 5.32 Å². The second-order valence-corrected chi connectivity index (χ2v) is 4.73. The second-order valence-electron chi connectivity index (χ2n) is 4.73.